The van der Waals surface area contributed by atoms with Crippen molar-refractivity contribution in [2.75, 3.05) is 176 Å². The quantitative estimate of drug-likeness (QED) is 0.0218. The number of carbonyl (C=O) groups is 8. The molecule has 0 aromatic carbocycles. The van der Waals surface area contributed by atoms with E-state index in [0.717, 1.165) is 173 Å². The molecule has 0 aliphatic carbocycles. The number of urea groups is 2. The molecule has 8 N–H and O–H groups in total. The van der Waals surface area contributed by atoms with Crippen LogP contribution in [0.4, 0.5) is 84.0 Å². The fraction of sp³-hybridized carbons (Fsp3) is 0.489. The fourth-order valence-electron chi connectivity index (χ4n) is 17.0. The van der Waals surface area contributed by atoms with Gasteiger partial charge in [-0.15, -0.1) is 15.3 Å². The molecule has 0 radical (unpaired) electrons. The highest BCUT2D eigenvalue weighted by atomic mass is 19.4. The van der Waals surface area contributed by atoms with Gasteiger partial charge in [0.1, 0.15) is 34.0 Å². The molecule has 15 rings (SSSR count). The van der Waals surface area contributed by atoms with Crippen molar-refractivity contribution < 1.29 is 77.9 Å². The summed E-state index contributed by atoms with van der Waals surface area (Å²) in [5, 5.41) is 27.9. The lowest BCUT2D eigenvalue weighted by Gasteiger charge is -2.34. The standard InChI is InChI=1S/C32H40F3N9O3.C31H39F3N10O3.C29H36F3N9O2/c1-21(2)15-23(45)7-8-28(46)42-13-11-41(12-14-42)19-22-16-26-30(43-9-5-4-6-10-43)39-29(40-44(26)20-22)24-18-37-27(38-31(47)36-3)17-25(24)32(33,34)35;1-20(2)13-26(45)37-17-27(46)42-11-9-41(10-12-42)18-21-14-24-29(43-7-5-4-6-8-43)39-28(40-44(24)19-21)22-16-36-25(38-30(47)35-3)15-23(22)31(32,33)34;1-19(2)12-25(42)35-16-26(43)39-10-8-38(9-11-39)17-20-13-23-28(40-6-4-3-5-7-40)36-27(37-41(23)18-20)21-15-34-24(33)14-22(21)29(30,31)32/h15-18,20H,4-14,19H2,1-3H3,(H2,36,37,38,47);13-16,19H,4-12,17-18H2,1-3H3,(H,37,45)(H2,35,36,38,47);12-15,18H,3-11,16-17H2,1-2H3,(H2,33,34)(H,35,42). The Kier molecular flexibility index (Phi) is 33.2. The lowest BCUT2D eigenvalue weighted by atomic mass is 10.1. The van der Waals surface area contributed by atoms with E-state index in [4.69, 9.17) is 5.73 Å². The van der Waals surface area contributed by atoms with E-state index in [1.165, 1.54) is 26.2 Å². The second kappa shape index (κ2) is 45.0. The molecule has 15 heterocycles. The molecule has 6 aliphatic heterocycles. The first-order valence-electron chi connectivity index (χ1n) is 45.7. The molecule has 0 atom stereocenters. The van der Waals surface area contributed by atoms with Crippen LogP contribution in [-0.4, -0.2) is 281 Å². The van der Waals surface area contributed by atoms with E-state index in [1.807, 2.05) is 72.1 Å². The van der Waals surface area contributed by atoms with Crippen LogP contribution in [0.15, 0.2) is 109 Å². The number of hydrogen-bond donors (Lipinski definition) is 7. The summed E-state index contributed by atoms with van der Waals surface area (Å²) >= 11 is 0. The van der Waals surface area contributed by atoms with Gasteiger partial charge < -0.3 is 56.4 Å². The minimum absolute atomic E-state index is 0.0334. The highest BCUT2D eigenvalue weighted by Crippen LogP contribution is 2.42. The Balaban J connectivity index is 0.000000174. The van der Waals surface area contributed by atoms with Gasteiger partial charge in [0.25, 0.3) is 0 Å². The molecule has 0 bridgehead atoms. The molecular weight excluding hydrogens is 1800 g/mol. The number of halogens is 9. The summed E-state index contributed by atoms with van der Waals surface area (Å²) in [5.41, 5.74) is 9.29. The summed E-state index contributed by atoms with van der Waals surface area (Å²) in [6.45, 7) is 23.9. The van der Waals surface area contributed by atoms with E-state index in [0.29, 0.717) is 127 Å². The number of piperidine rings is 3. The van der Waals surface area contributed by atoms with Gasteiger partial charge in [0, 0.05) is 214 Å². The Labute approximate surface area is 785 Å². The van der Waals surface area contributed by atoms with Gasteiger partial charge in [0.2, 0.25) is 29.5 Å². The lowest BCUT2D eigenvalue weighted by molar-refractivity contribution is -0.137. The highest BCUT2D eigenvalue weighted by molar-refractivity contribution is 5.94. The summed E-state index contributed by atoms with van der Waals surface area (Å²) in [6, 6.07) is 6.90. The number of nitrogen functional groups attached to an aromatic ring is 1. The molecule has 9 amide bonds. The van der Waals surface area contributed by atoms with Gasteiger partial charge in [-0.25, -0.2) is 53.0 Å². The number of hydrogen-bond acceptors (Lipinski definition) is 24. The third-order valence-electron chi connectivity index (χ3n) is 23.9. The zero-order valence-electron chi connectivity index (χ0n) is 77.8. The average Bonchev–Trinajstić information content (AvgIpc) is 1.69. The van der Waals surface area contributed by atoms with Gasteiger partial charge in [0.15, 0.2) is 40.7 Å². The van der Waals surface area contributed by atoms with Crippen molar-refractivity contribution in [3.05, 3.63) is 142 Å². The van der Waals surface area contributed by atoms with E-state index in [-0.39, 0.29) is 113 Å². The first-order valence-corrected chi connectivity index (χ1v) is 45.7. The normalized spacial score (nSPS) is 16.0. The Bertz CT molecular complexity index is 5710. The summed E-state index contributed by atoms with van der Waals surface area (Å²) in [5.74, 6) is -0.303. The van der Waals surface area contributed by atoms with Crippen molar-refractivity contribution in [2.45, 2.75) is 150 Å². The molecule has 6 aliphatic rings. The van der Waals surface area contributed by atoms with Gasteiger partial charge in [-0.2, -0.15) is 39.5 Å². The second-order valence-electron chi connectivity index (χ2n) is 35.3. The number of nitrogens with two attached hydrogens (primary N) is 1. The number of allylic oxidation sites excluding steroid dienone is 4. The van der Waals surface area contributed by atoms with Crippen molar-refractivity contribution in [3.63, 3.8) is 0 Å². The smallest absolute Gasteiger partial charge is 0.384 e. The largest absolute Gasteiger partial charge is 0.417 e. The number of rotatable bonds is 24. The molecule has 0 unspecified atom stereocenters. The summed E-state index contributed by atoms with van der Waals surface area (Å²) in [4.78, 5) is 141. The maximum Gasteiger partial charge on any atom is 0.417 e. The minimum Gasteiger partial charge on any atom is -0.384 e. The lowest BCUT2D eigenvalue weighted by Crippen LogP contribution is -2.50. The predicted molar refractivity (Wildman–Crippen MR) is 497 cm³/mol. The maximum absolute atomic E-state index is 14.3. The monoisotopic (exact) mass is 1910 g/mol. The molecule has 6 saturated heterocycles. The molecule has 0 spiro atoms. The van der Waals surface area contributed by atoms with Crippen molar-refractivity contribution in [1.82, 2.24) is 109 Å². The predicted octanol–water partition coefficient (Wildman–Crippen LogP) is 10.9. The molecule has 36 nitrogen and oxygen atoms in total. The second-order valence-corrected chi connectivity index (χ2v) is 35.3. The topological polar surface area (TPSA) is 393 Å². The summed E-state index contributed by atoms with van der Waals surface area (Å²) in [7, 11) is 2.70. The Hall–Kier alpha value is -13.5. The molecule has 734 valence electrons. The van der Waals surface area contributed by atoms with Gasteiger partial charge in [-0.1, -0.05) is 16.7 Å². The van der Waals surface area contributed by atoms with E-state index in [1.54, 1.807) is 40.5 Å². The third-order valence-corrected chi connectivity index (χ3v) is 23.9. The average molecular weight is 1910 g/mol. The van der Waals surface area contributed by atoms with Crippen molar-refractivity contribution in [3.8, 4) is 34.2 Å². The molecule has 45 heteroatoms. The zero-order chi connectivity index (χ0) is 98.2. The van der Waals surface area contributed by atoms with Crippen molar-refractivity contribution in [2.24, 2.45) is 0 Å². The maximum atomic E-state index is 14.3. The number of alkyl halides is 9. The van der Waals surface area contributed by atoms with Crippen LogP contribution < -0.4 is 52.3 Å². The summed E-state index contributed by atoms with van der Waals surface area (Å²) < 4.78 is 132. The third kappa shape index (κ3) is 27.1. The van der Waals surface area contributed by atoms with Gasteiger partial charge in [-0.05, 0) is 158 Å². The van der Waals surface area contributed by atoms with Gasteiger partial charge in [-0.3, -0.25) is 54.1 Å². The molecule has 9 aromatic heterocycles. The number of ketones is 1. The van der Waals surface area contributed by atoms with Crippen LogP contribution >= 0.6 is 0 Å². The summed E-state index contributed by atoms with van der Waals surface area (Å²) in [6.07, 6.45) is 8.20. The molecule has 0 saturated carbocycles. The minimum atomic E-state index is -4.76. The number of aromatic nitrogens is 12. The number of nitrogens with one attached hydrogen (secondary N) is 6. The van der Waals surface area contributed by atoms with Crippen LogP contribution in [0.1, 0.15) is 146 Å². The first kappa shape index (κ1) is 101. The fourth-order valence-corrected chi connectivity index (χ4v) is 17.0. The number of nitrogens with zero attached hydrogens (tertiary/aromatic N) is 21. The molecule has 6 fully saturated rings. The number of fused-ring (bicyclic) bond motifs is 3. The van der Waals surface area contributed by atoms with Crippen LogP contribution in [0.3, 0.4) is 0 Å². The highest BCUT2D eigenvalue weighted by Gasteiger charge is 2.40. The van der Waals surface area contributed by atoms with Gasteiger partial charge in [0.05, 0.1) is 46.5 Å². The number of amides is 9. The van der Waals surface area contributed by atoms with E-state index in [2.05, 4.69) is 107 Å². The van der Waals surface area contributed by atoms with E-state index < -0.39 is 47.3 Å². The van der Waals surface area contributed by atoms with E-state index in [9.17, 15) is 77.9 Å². The van der Waals surface area contributed by atoms with Gasteiger partial charge >= 0.3 is 30.6 Å². The van der Waals surface area contributed by atoms with Crippen LogP contribution in [0.25, 0.3) is 50.7 Å². The Morgan fingerprint density at radius 1 is 0.380 bits per heavy atom. The zero-order valence-corrected chi connectivity index (χ0v) is 77.8. The Morgan fingerprint density at radius 3 is 0.993 bits per heavy atom. The van der Waals surface area contributed by atoms with E-state index >= 15 is 0 Å². The SMILES string of the molecule is CC(C)=CC(=O)NCC(=O)N1CCN(Cc2cc3c(N4CCCCC4)nc(-c4cnc(N)cc4C(F)(F)F)nn3c2)CC1.CNC(=O)Nc1cc(C(F)(F)F)c(-c2nc(N3CCCCC3)c3cc(CN4CCN(C(=O)CCC(=O)C=C(C)C)CC4)cn3n2)cn1.CNC(=O)Nc1cc(C(F)(F)F)c(-c2nc(N3CCCCC3)c3cc(CN4CCN(C(=O)CNC(=O)C=C(C)C)CC4)cn3n2)cn1. The number of anilines is 6. The Morgan fingerprint density at radius 2 is 0.686 bits per heavy atom. The van der Waals surface area contributed by atoms with Crippen molar-refractivity contribution >= 4 is 98.8 Å². The van der Waals surface area contributed by atoms with Crippen molar-refractivity contribution in [1.29, 1.82) is 0 Å². The van der Waals surface area contributed by atoms with Crippen LogP contribution in [0.2, 0.25) is 0 Å². The number of piperazine rings is 3. The van der Waals surface area contributed by atoms with Crippen LogP contribution in [0.5, 0.6) is 0 Å². The number of pyridine rings is 3. The first-order chi connectivity index (χ1) is 65.3. The molecule has 137 heavy (non-hydrogen) atoms. The molecule has 9 aromatic rings. The number of carbonyl (C=O) groups excluding carboxylic acids is 8. The molecular formula is C92H115F9N28O8. The van der Waals surface area contributed by atoms with Crippen LogP contribution in [-0.2, 0) is 66.9 Å². The van der Waals surface area contributed by atoms with Crippen LogP contribution in [0, 0.1) is 0 Å².